The van der Waals surface area contributed by atoms with Gasteiger partial charge in [-0.2, -0.15) is 0 Å². The van der Waals surface area contributed by atoms with Gasteiger partial charge in [0.05, 0.1) is 24.8 Å². The lowest BCUT2D eigenvalue weighted by Gasteiger charge is -2.25. The van der Waals surface area contributed by atoms with Gasteiger partial charge in [0.1, 0.15) is 0 Å². The summed E-state index contributed by atoms with van der Waals surface area (Å²) in [7, 11) is 0. The van der Waals surface area contributed by atoms with Gasteiger partial charge in [0.25, 0.3) is 0 Å². The third-order valence-corrected chi connectivity index (χ3v) is 6.03. The van der Waals surface area contributed by atoms with Crippen LogP contribution in [0.15, 0.2) is 22.9 Å². The van der Waals surface area contributed by atoms with E-state index in [1.165, 1.54) is 11.3 Å². The molecule has 0 radical (unpaired) electrons. The van der Waals surface area contributed by atoms with E-state index in [4.69, 9.17) is 4.74 Å². The summed E-state index contributed by atoms with van der Waals surface area (Å²) >= 11 is 3.00. The van der Waals surface area contributed by atoms with Crippen LogP contribution in [0.25, 0.3) is 0 Å². The molecule has 0 bridgehead atoms. The Morgan fingerprint density at radius 3 is 2.93 bits per heavy atom. The van der Waals surface area contributed by atoms with E-state index < -0.39 is 0 Å². The van der Waals surface area contributed by atoms with E-state index in [1.807, 2.05) is 41.6 Å². The Morgan fingerprint density at radius 1 is 1.41 bits per heavy atom. The number of rotatable bonds is 8. The number of thiophene rings is 1. The first-order chi connectivity index (χ1) is 13.0. The highest BCUT2D eigenvalue weighted by molar-refractivity contribution is 7.14. The summed E-state index contributed by atoms with van der Waals surface area (Å²) in [6, 6.07) is 4.04. The van der Waals surface area contributed by atoms with Crippen molar-refractivity contribution in [3.8, 4) is 0 Å². The maximum Gasteiger partial charge on any atom is 0.229 e. The van der Waals surface area contributed by atoms with Crippen LogP contribution in [0.1, 0.15) is 37.3 Å². The lowest BCUT2D eigenvalue weighted by atomic mass is 10.2. The van der Waals surface area contributed by atoms with E-state index in [1.54, 1.807) is 11.3 Å². The minimum Gasteiger partial charge on any atom is -0.376 e. The number of nitrogens with one attached hydrogen (secondary N) is 1. The average molecular weight is 408 g/mol. The molecule has 1 N–H and O–H groups in total. The van der Waals surface area contributed by atoms with Crippen LogP contribution in [0, 0.1) is 5.92 Å². The van der Waals surface area contributed by atoms with Crippen LogP contribution < -0.4 is 5.32 Å². The summed E-state index contributed by atoms with van der Waals surface area (Å²) in [5.74, 6) is -0.141. The molecule has 2 amide bonds. The van der Waals surface area contributed by atoms with Gasteiger partial charge in [-0.15, -0.1) is 22.7 Å². The second-order valence-corrected chi connectivity index (χ2v) is 8.84. The fourth-order valence-electron chi connectivity index (χ4n) is 2.84. The molecule has 2 aromatic heterocycles. The largest absolute Gasteiger partial charge is 0.376 e. The predicted octanol–water partition coefficient (Wildman–Crippen LogP) is 3.55. The van der Waals surface area contributed by atoms with Crippen LogP contribution in [0.5, 0.6) is 0 Å². The van der Waals surface area contributed by atoms with Gasteiger partial charge in [0, 0.05) is 29.3 Å². The van der Waals surface area contributed by atoms with E-state index >= 15 is 0 Å². The standard InChI is InChI=1S/C19H25N3O3S2/c1-13(2)18(24)21-19-20-14(12-27-19)9-17(23)22(10-15-5-3-7-25-15)11-16-6-4-8-26-16/h4,6,8,12-13,15H,3,5,7,9-11H2,1-2H3,(H,20,21,24). The molecule has 1 fully saturated rings. The number of carbonyl (C=O) groups is 2. The van der Waals surface area contributed by atoms with E-state index in [-0.39, 0.29) is 30.3 Å². The van der Waals surface area contributed by atoms with E-state index in [0.29, 0.717) is 23.9 Å². The van der Waals surface area contributed by atoms with Gasteiger partial charge < -0.3 is 15.0 Å². The molecule has 27 heavy (non-hydrogen) atoms. The molecular formula is C19H25N3O3S2. The first kappa shape index (κ1) is 20.0. The van der Waals surface area contributed by atoms with Gasteiger partial charge in [-0.25, -0.2) is 4.98 Å². The van der Waals surface area contributed by atoms with Gasteiger partial charge >= 0.3 is 0 Å². The minimum absolute atomic E-state index is 0.0333. The highest BCUT2D eigenvalue weighted by Crippen LogP contribution is 2.20. The van der Waals surface area contributed by atoms with Crippen LogP contribution in [0.4, 0.5) is 5.13 Å². The number of anilines is 1. The van der Waals surface area contributed by atoms with Crippen molar-refractivity contribution in [1.82, 2.24) is 9.88 Å². The second-order valence-electron chi connectivity index (χ2n) is 6.95. The van der Waals surface area contributed by atoms with Gasteiger partial charge in [-0.3, -0.25) is 9.59 Å². The quantitative estimate of drug-likeness (QED) is 0.726. The van der Waals surface area contributed by atoms with Crippen LogP contribution >= 0.6 is 22.7 Å². The van der Waals surface area contributed by atoms with Crippen molar-refractivity contribution in [2.24, 2.45) is 5.92 Å². The third-order valence-electron chi connectivity index (χ3n) is 4.37. The SMILES string of the molecule is CC(C)C(=O)Nc1nc(CC(=O)N(Cc2cccs2)CC2CCCO2)cs1. The zero-order chi connectivity index (χ0) is 19.2. The Bertz CT molecular complexity index is 752. The molecule has 3 rings (SSSR count). The van der Waals surface area contributed by atoms with E-state index in [0.717, 1.165) is 24.3 Å². The summed E-state index contributed by atoms with van der Waals surface area (Å²) in [5.41, 5.74) is 0.688. The summed E-state index contributed by atoms with van der Waals surface area (Å²) in [6.07, 6.45) is 2.39. The summed E-state index contributed by atoms with van der Waals surface area (Å²) in [5, 5.41) is 7.19. The number of hydrogen-bond acceptors (Lipinski definition) is 6. The van der Waals surface area contributed by atoms with Crippen molar-refractivity contribution < 1.29 is 14.3 Å². The van der Waals surface area contributed by atoms with Gasteiger partial charge in [-0.1, -0.05) is 19.9 Å². The minimum atomic E-state index is -0.105. The molecule has 1 atom stereocenters. The molecule has 0 spiro atoms. The Kier molecular flexibility index (Phi) is 6.98. The number of carbonyl (C=O) groups excluding carboxylic acids is 2. The van der Waals surface area contributed by atoms with Crippen molar-refractivity contribution in [2.75, 3.05) is 18.5 Å². The maximum absolute atomic E-state index is 12.9. The lowest BCUT2D eigenvalue weighted by molar-refractivity contribution is -0.132. The molecule has 3 heterocycles. The number of hydrogen-bond donors (Lipinski definition) is 1. The maximum atomic E-state index is 12.9. The summed E-state index contributed by atoms with van der Waals surface area (Å²) < 4.78 is 5.72. The molecule has 8 heteroatoms. The van der Waals surface area contributed by atoms with Crippen molar-refractivity contribution in [2.45, 2.75) is 45.8 Å². The number of aromatic nitrogens is 1. The fraction of sp³-hybridized carbons (Fsp3) is 0.526. The van der Waals surface area contributed by atoms with Gasteiger partial charge in [0.15, 0.2) is 5.13 Å². The van der Waals surface area contributed by atoms with Crippen LogP contribution in [0.3, 0.4) is 0 Å². The normalized spacial score (nSPS) is 16.6. The molecule has 1 aliphatic heterocycles. The molecule has 146 valence electrons. The van der Waals surface area contributed by atoms with Crippen molar-refractivity contribution in [3.63, 3.8) is 0 Å². The van der Waals surface area contributed by atoms with Crippen molar-refractivity contribution in [3.05, 3.63) is 33.5 Å². The molecule has 0 saturated carbocycles. The number of ether oxygens (including phenoxy) is 1. The molecule has 1 unspecified atom stereocenters. The fourth-order valence-corrected chi connectivity index (χ4v) is 4.27. The Balaban J connectivity index is 1.62. The summed E-state index contributed by atoms with van der Waals surface area (Å²) in [6.45, 7) is 5.65. The topological polar surface area (TPSA) is 71.5 Å². The highest BCUT2D eigenvalue weighted by Gasteiger charge is 2.24. The van der Waals surface area contributed by atoms with E-state index in [2.05, 4.69) is 10.3 Å². The number of nitrogens with zero attached hydrogens (tertiary/aromatic N) is 2. The first-order valence-electron chi connectivity index (χ1n) is 9.18. The molecule has 2 aromatic rings. The first-order valence-corrected chi connectivity index (χ1v) is 10.9. The van der Waals surface area contributed by atoms with Crippen molar-refractivity contribution >= 4 is 39.6 Å². The Morgan fingerprint density at radius 2 is 2.26 bits per heavy atom. The van der Waals surface area contributed by atoms with Gasteiger partial charge in [0.2, 0.25) is 11.8 Å². The van der Waals surface area contributed by atoms with Crippen molar-refractivity contribution in [1.29, 1.82) is 0 Å². The zero-order valence-electron chi connectivity index (χ0n) is 15.6. The zero-order valence-corrected chi connectivity index (χ0v) is 17.3. The van der Waals surface area contributed by atoms with Crippen LogP contribution in [-0.2, 0) is 27.3 Å². The van der Waals surface area contributed by atoms with Crippen LogP contribution in [0.2, 0.25) is 0 Å². The highest BCUT2D eigenvalue weighted by atomic mass is 32.1. The predicted molar refractivity (Wildman–Crippen MR) is 108 cm³/mol. The molecule has 1 saturated heterocycles. The molecule has 0 aliphatic carbocycles. The number of thiazole rings is 1. The smallest absolute Gasteiger partial charge is 0.229 e. The molecule has 1 aliphatic rings. The van der Waals surface area contributed by atoms with Gasteiger partial charge in [-0.05, 0) is 24.3 Å². The Labute approximate surface area is 167 Å². The molecule has 6 nitrogen and oxygen atoms in total. The average Bonchev–Trinajstić information content (AvgIpc) is 3.37. The van der Waals surface area contributed by atoms with E-state index in [9.17, 15) is 9.59 Å². The Hall–Kier alpha value is -1.77. The molecular weight excluding hydrogens is 382 g/mol. The second kappa shape index (κ2) is 9.43. The van der Waals surface area contributed by atoms with Crippen LogP contribution in [-0.4, -0.2) is 41.0 Å². The summed E-state index contributed by atoms with van der Waals surface area (Å²) in [4.78, 5) is 32.1. The molecule has 0 aromatic carbocycles. The monoisotopic (exact) mass is 407 g/mol. The lowest BCUT2D eigenvalue weighted by Crippen LogP contribution is -2.37. The third kappa shape index (κ3) is 5.85. The number of amides is 2.